The van der Waals surface area contributed by atoms with E-state index in [9.17, 15) is 40.9 Å². The molecule has 0 spiro atoms. The molecule has 0 aliphatic heterocycles. The number of non-ortho nitro benzene ring substituents is 2. The lowest BCUT2D eigenvalue weighted by atomic mass is 9.85. The highest BCUT2D eigenvalue weighted by Gasteiger charge is 2.41. The van der Waals surface area contributed by atoms with Crippen molar-refractivity contribution in [2.24, 2.45) is 5.92 Å². The summed E-state index contributed by atoms with van der Waals surface area (Å²) in [6.45, 7) is 0. The summed E-state index contributed by atoms with van der Waals surface area (Å²) < 4.78 is 0. The van der Waals surface area contributed by atoms with Gasteiger partial charge in [0.25, 0.3) is 17.1 Å². The lowest BCUT2D eigenvalue weighted by molar-refractivity contribution is -0.393. The van der Waals surface area contributed by atoms with Crippen molar-refractivity contribution in [3.05, 3.63) is 71.8 Å². The van der Waals surface area contributed by atoms with Crippen LogP contribution in [0.2, 0.25) is 0 Å². The minimum Gasteiger partial charge on any atom is -0.258 e. The van der Waals surface area contributed by atoms with E-state index in [-0.39, 0.29) is 27.9 Å². The molecule has 2 aromatic carbocycles. The first-order chi connectivity index (χ1) is 12.8. The van der Waals surface area contributed by atoms with Gasteiger partial charge < -0.3 is 0 Å². The fourth-order valence-corrected chi connectivity index (χ4v) is 3.27. The standard InChI is InChI=1S/C16H7N5O6/c17-6-8(7-18)15-12-3-9(19(22)23)1-2-11(12)16-13(15)4-10(20(24)25)5-14(16)21(26)27/h1-5,8,15H. The van der Waals surface area contributed by atoms with Crippen LogP contribution in [0.5, 0.6) is 0 Å². The van der Waals surface area contributed by atoms with Crippen LogP contribution in [0.1, 0.15) is 17.0 Å². The minimum absolute atomic E-state index is 0.0241. The summed E-state index contributed by atoms with van der Waals surface area (Å²) in [6.07, 6.45) is 0. The van der Waals surface area contributed by atoms with Crippen molar-refractivity contribution < 1.29 is 14.8 Å². The van der Waals surface area contributed by atoms with Crippen LogP contribution in [0, 0.1) is 58.9 Å². The van der Waals surface area contributed by atoms with E-state index in [1.807, 2.05) is 0 Å². The molecule has 0 heterocycles. The molecule has 0 saturated heterocycles. The molecule has 3 rings (SSSR count). The maximum Gasteiger partial charge on any atom is 0.284 e. The average molecular weight is 365 g/mol. The summed E-state index contributed by atoms with van der Waals surface area (Å²) >= 11 is 0. The van der Waals surface area contributed by atoms with Crippen molar-refractivity contribution in [3.63, 3.8) is 0 Å². The summed E-state index contributed by atoms with van der Waals surface area (Å²) in [7, 11) is 0. The van der Waals surface area contributed by atoms with Gasteiger partial charge in [0.2, 0.25) is 0 Å². The van der Waals surface area contributed by atoms with E-state index in [2.05, 4.69) is 0 Å². The first-order valence-electron chi connectivity index (χ1n) is 7.34. The molecule has 0 amide bonds. The minimum atomic E-state index is -1.34. The fourth-order valence-electron chi connectivity index (χ4n) is 3.27. The molecule has 1 aliphatic rings. The topological polar surface area (TPSA) is 177 Å². The molecule has 27 heavy (non-hydrogen) atoms. The van der Waals surface area contributed by atoms with E-state index in [4.69, 9.17) is 0 Å². The Kier molecular flexibility index (Phi) is 3.98. The van der Waals surface area contributed by atoms with Gasteiger partial charge in [-0.05, 0) is 22.8 Å². The maximum atomic E-state index is 11.5. The highest BCUT2D eigenvalue weighted by molar-refractivity contribution is 5.88. The van der Waals surface area contributed by atoms with Crippen molar-refractivity contribution in [2.45, 2.75) is 5.92 Å². The number of rotatable bonds is 4. The van der Waals surface area contributed by atoms with Crippen LogP contribution in [0.3, 0.4) is 0 Å². The molecule has 132 valence electrons. The van der Waals surface area contributed by atoms with Gasteiger partial charge in [0.15, 0.2) is 0 Å². The molecular weight excluding hydrogens is 358 g/mol. The van der Waals surface area contributed by atoms with Crippen LogP contribution >= 0.6 is 0 Å². The Morgan fingerprint density at radius 3 is 1.96 bits per heavy atom. The second-order valence-corrected chi connectivity index (χ2v) is 5.69. The smallest absolute Gasteiger partial charge is 0.258 e. The van der Waals surface area contributed by atoms with Gasteiger partial charge in [-0.1, -0.05) is 0 Å². The molecule has 1 aliphatic carbocycles. The summed E-state index contributed by atoms with van der Waals surface area (Å²) in [5.74, 6) is -2.42. The molecule has 0 radical (unpaired) electrons. The number of nitro groups is 3. The van der Waals surface area contributed by atoms with Gasteiger partial charge in [-0.2, -0.15) is 10.5 Å². The molecule has 0 aromatic heterocycles. The van der Waals surface area contributed by atoms with E-state index >= 15 is 0 Å². The van der Waals surface area contributed by atoms with E-state index in [1.54, 1.807) is 12.1 Å². The Hall–Kier alpha value is -4.38. The van der Waals surface area contributed by atoms with Crippen LogP contribution < -0.4 is 0 Å². The summed E-state index contributed by atoms with van der Waals surface area (Å²) in [4.78, 5) is 31.4. The molecule has 11 heteroatoms. The van der Waals surface area contributed by atoms with Crippen LogP contribution in [0.4, 0.5) is 17.1 Å². The van der Waals surface area contributed by atoms with Crippen LogP contribution in [0.25, 0.3) is 11.1 Å². The Bertz CT molecular complexity index is 1100. The van der Waals surface area contributed by atoms with Crippen LogP contribution in [0.15, 0.2) is 30.3 Å². The Labute approximate surface area is 150 Å². The Balaban J connectivity index is 2.43. The molecule has 1 unspecified atom stereocenters. The summed E-state index contributed by atoms with van der Waals surface area (Å²) in [6, 6.07) is 8.93. The number of hydrogen-bond donors (Lipinski definition) is 0. The molecule has 11 nitrogen and oxygen atoms in total. The molecule has 0 N–H and O–H groups in total. The Morgan fingerprint density at radius 1 is 0.852 bits per heavy atom. The predicted octanol–water partition coefficient (Wildman–Crippen LogP) is 3.19. The van der Waals surface area contributed by atoms with Crippen molar-refractivity contribution >= 4 is 17.1 Å². The number of nitrogens with zero attached hydrogens (tertiary/aromatic N) is 5. The molecule has 1 atom stereocenters. The van der Waals surface area contributed by atoms with E-state index in [1.165, 1.54) is 6.07 Å². The number of fused-ring (bicyclic) bond motifs is 3. The van der Waals surface area contributed by atoms with Gasteiger partial charge in [0.1, 0.15) is 5.92 Å². The van der Waals surface area contributed by atoms with Gasteiger partial charge in [0, 0.05) is 24.1 Å². The van der Waals surface area contributed by atoms with E-state index in [0.29, 0.717) is 0 Å². The highest BCUT2D eigenvalue weighted by Crippen LogP contribution is 2.53. The summed E-state index contributed by atoms with van der Waals surface area (Å²) in [5.41, 5.74) is -0.962. The molecule has 2 aromatic rings. The Morgan fingerprint density at radius 2 is 1.44 bits per heavy atom. The molecule has 0 bridgehead atoms. The number of hydrogen-bond acceptors (Lipinski definition) is 8. The zero-order valence-electron chi connectivity index (χ0n) is 13.2. The zero-order valence-corrected chi connectivity index (χ0v) is 13.2. The van der Waals surface area contributed by atoms with Gasteiger partial charge in [0.05, 0.1) is 38.5 Å². The normalized spacial score (nSPS) is 14.0. The molecular formula is C16H7N5O6. The third kappa shape index (κ3) is 2.60. The third-order valence-corrected chi connectivity index (χ3v) is 4.34. The highest BCUT2D eigenvalue weighted by atomic mass is 16.6. The van der Waals surface area contributed by atoms with Crippen LogP contribution in [-0.2, 0) is 0 Å². The monoisotopic (exact) mass is 365 g/mol. The lowest BCUT2D eigenvalue weighted by Crippen LogP contribution is -2.09. The quantitative estimate of drug-likeness (QED) is 0.585. The van der Waals surface area contributed by atoms with Gasteiger partial charge in [-0.25, -0.2) is 0 Å². The second kappa shape index (κ2) is 6.16. The number of benzene rings is 2. The first-order valence-corrected chi connectivity index (χ1v) is 7.34. The predicted molar refractivity (Wildman–Crippen MR) is 88.4 cm³/mol. The van der Waals surface area contributed by atoms with Crippen molar-refractivity contribution in [1.82, 2.24) is 0 Å². The van der Waals surface area contributed by atoms with E-state index < -0.39 is 38.0 Å². The summed E-state index contributed by atoms with van der Waals surface area (Å²) in [5, 5.41) is 52.3. The molecule has 0 fully saturated rings. The van der Waals surface area contributed by atoms with E-state index in [0.717, 1.165) is 24.3 Å². The number of nitro benzene ring substituents is 3. The number of nitriles is 2. The van der Waals surface area contributed by atoms with Gasteiger partial charge in [-0.3, -0.25) is 30.3 Å². The van der Waals surface area contributed by atoms with Crippen molar-refractivity contribution in [1.29, 1.82) is 10.5 Å². The second-order valence-electron chi connectivity index (χ2n) is 5.69. The maximum absolute atomic E-state index is 11.5. The lowest BCUT2D eigenvalue weighted by Gasteiger charge is -2.13. The fraction of sp³-hybridized carbons (Fsp3) is 0.125. The first kappa shape index (κ1) is 17.4. The van der Waals surface area contributed by atoms with Crippen LogP contribution in [-0.4, -0.2) is 14.8 Å². The third-order valence-electron chi connectivity index (χ3n) is 4.34. The zero-order chi connectivity index (χ0) is 19.9. The van der Waals surface area contributed by atoms with Crippen molar-refractivity contribution in [3.8, 4) is 23.3 Å². The SMILES string of the molecule is N#CC(C#N)C1c2cc([N+](=O)[O-])ccc2-c2c1cc([N+](=O)[O-])cc2[N+](=O)[O-]. The largest absolute Gasteiger partial charge is 0.284 e. The van der Waals surface area contributed by atoms with Crippen molar-refractivity contribution in [2.75, 3.05) is 0 Å². The molecule has 0 saturated carbocycles. The average Bonchev–Trinajstić information content (AvgIpc) is 2.95. The van der Waals surface area contributed by atoms with Gasteiger partial charge >= 0.3 is 0 Å². The van der Waals surface area contributed by atoms with Gasteiger partial charge in [-0.15, -0.1) is 0 Å².